The van der Waals surface area contributed by atoms with E-state index in [-0.39, 0.29) is 16.8 Å². The van der Waals surface area contributed by atoms with Gasteiger partial charge >= 0.3 is 0 Å². The minimum absolute atomic E-state index is 0.231. The van der Waals surface area contributed by atoms with E-state index in [1.165, 1.54) is 12.4 Å². The number of hydrogen-bond acceptors (Lipinski definition) is 3. The van der Waals surface area contributed by atoms with Crippen molar-refractivity contribution < 1.29 is 4.79 Å². The van der Waals surface area contributed by atoms with Gasteiger partial charge in [0.1, 0.15) is 10.8 Å². The van der Waals surface area contributed by atoms with E-state index in [4.69, 9.17) is 11.6 Å². The molecule has 2 rings (SSSR count). The summed E-state index contributed by atoms with van der Waals surface area (Å²) in [5.74, 6) is -0.304. The van der Waals surface area contributed by atoms with Crippen LogP contribution >= 0.6 is 79.4 Å². The third-order valence-electron chi connectivity index (χ3n) is 2.10. The van der Waals surface area contributed by atoms with Crippen LogP contribution in [0.3, 0.4) is 0 Å². The number of aromatic nitrogens is 2. The Labute approximate surface area is 155 Å². The lowest BCUT2D eigenvalue weighted by atomic mass is 10.3. The topological polar surface area (TPSA) is 54.9 Å². The smallest absolute Gasteiger partial charge is 0.275 e. The van der Waals surface area contributed by atoms with Crippen molar-refractivity contribution >= 4 is 91.0 Å². The quantitative estimate of drug-likeness (QED) is 0.519. The van der Waals surface area contributed by atoms with E-state index in [1.807, 2.05) is 12.1 Å². The molecule has 0 aliphatic carbocycles. The Hall–Kier alpha value is 0.250. The van der Waals surface area contributed by atoms with Crippen molar-refractivity contribution in [1.29, 1.82) is 0 Å². The fraction of sp³-hybridized carbons (Fsp3) is 0. The predicted octanol–water partition coefficient (Wildman–Crippen LogP) is 4.20. The van der Waals surface area contributed by atoms with Gasteiger partial charge in [-0.05, 0) is 79.9 Å². The Kier molecular flexibility index (Phi) is 5.60. The normalized spacial score (nSPS) is 10.3. The van der Waals surface area contributed by atoms with Crippen LogP contribution in [-0.4, -0.2) is 15.9 Å². The van der Waals surface area contributed by atoms with Gasteiger partial charge in [-0.3, -0.25) is 4.79 Å². The Morgan fingerprint density at radius 2 is 1.74 bits per heavy atom. The Morgan fingerprint density at radius 1 is 1.11 bits per heavy atom. The third kappa shape index (κ3) is 4.11. The first-order valence-electron chi connectivity index (χ1n) is 4.91. The van der Waals surface area contributed by atoms with Crippen LogP contribution in [0.5, 0.6) is 0 Å². The maximum atomic E-state index is 12.0. The molecule has 4 nitrogen and oxygen atoms in total. The maximum Gasteiger partial charge on any atom is 0.275 e. The lowest BCUT2D eigenvalue weighted by Gasteiger charge is -2.10. The molecule has 8 heteroatoms. The Balaban J connectivity index is 2.26. The highest BCUT2D eigenvalue weighted by molar-refractivity contribution is 14.1. The highest BCUT2D eigenvalue weighted by atomic mass is 127. The molecule has 98 valence electrons. The molecule has 1 aromatic carbocycles. The fourth-order valence-electron chi connectivity index (χ4n) is 1.27. The van der Waals surface area contributed by atoms with E-state index in [1.54, 1.807) is 0 Å². The highest BCUT2D eigenvalue weighted by Gasteiger charge is 2.13. The van der Waals surface area contributed by atoms with E-state index >= 15 is 0 Å². The molecule has 2 aromatic rings. The predicted molar refractivity (Wildman–Crippen MR) is 99.6 cm³/mol. The second-order valence-electron chi connectivity index (χ2n) is 3.42. The van der Waals surface area contributed by atoms with Gasteiger partial charge in [-0.15, -0.1) is 0 Å². The lowest BCUT2D eigenvalue weighted by Crippen LogP contribution is -2.15. The lowest BCUT2D eigenvalue weighted by molar-refractivity contribution is 0.102. The number of halogens is 4. The zero-order valence-electron chi connectivity index (χ0n) is 9.12. The number of nitrogens with one attached hydrogen (secondary N) is 1. The second-order valence-corrected chi connectivity index (χ2v) is 7.38. The molecule has 0 saturated carbocycles. The molecular weight excluding hydrogens is 606 g/mol. The molecule has 0 radical (unpaired) electrons. The molecular formula is C11H5ClI3N3O. The average molecular weight is 611 g/mol. The zero-order chi connectivity index (χ0) is 14.0. The summed E-state index contributed by atoms with van der Waals surface area (Å²) in [7, 11) is 0. The molecule has 0 spiro atoms. The average Bonchev–Trinajstić information content (AvgIpc) is 2.34. The Bertz CT molecular complexity index is 611. The highest BCUT2D eigenvalue weighted by Crippen LogP contribution is 2.27. The molecule has 0 bridgehead atoms. The molecule has 1 aromatic heterocycles. The van der Waals surface area contributed by atoms with Gasteiger partial charge in [0.15, 0.2) is 0 Å². The first-order valence-corrected chi connectivity index (χ1v) is 8.52. The summed E-state index contributed by atoms with van der Waals surface area (Å²) in [5.41, 5.74) is 1.01. The summed E-state index contributed by atoms with van der Waals surface area (Å²) >= 11 is 12.2. The first kappa shape index (κ1) is 15.6. The minimum atomic E-state index is -0.304. The minimum Gasteiger partial charge on any atom is -0.319 e. The number of rotatable bonds is 2. The summed E-state index contributed by atoms with van der Waals surface area (Å²) in [6, 6.07) is 3.98. The number of benzene rings is 1. The molecule has 0 aliphatic heterocycles. The van der Waals surface area contributed by atoms with Gasteiger partial charge in [0.2, 0.25) is 0 Å². The summed E-state index contributed by atoms with van der Waals surface area (Å²) in [5, 5.41) is 3.10. The van der Waals surface area contributed by atoms with Crippen LogP contribution in [0.25, 0.3) is 0 Å². The van der Waals surface area contributed by atoms with Crippen molar-refractivity contribution in [2.45, 2.75) is 0 Å². The summed E-state index contributed by atoms with van der Waals surface area (Å²) in [6.07, 6.45) is 2.70. The van der Waals surface area contributed by atoms with Crippen LogP contribution in [0.4, 0.5) is 5.69 Å². The number of carbonyl (C=O) groups excluding carboxylic acids is 1. The van der Waals surface area contributed by atoms with Crippen molar-refractivity contribution in [3.8, 4) is 0 Å². The molecule has 0 fully saturated rings. The van der Waals surface area contributed by atoms with Crippen LogP contribution in [0.2, 0.25) is 5.15 Å². The van der Waals surface area contributed by atoms with Gasteiger partial charge in [0.25, 0.3) is 5.91 Å². The van der Waals surface area contributed by atoms with Gasteiger partial charge in [-0.25, -0.2) is 9.97 Å². The number of amides is 1. The van der Waals surface area contributed by atoms with Crippen LogP contribution < -0.4 is 5.32 Å². The monoisotopic (exact) mass is 611 g/mol. The SMILES string of the molecule is O=C(Nc1c(I)cc(I)cc1I)c1cnc(Cl)cn1. The van der Waals surface area contributed by atoms with Gasteiger partial charge in [-0.2, -0.15) is 0 Å². The van der Waals surface area contributed by atoms with Gasteiger partial charge in [0, 0.05) is 10.7 Å². The number of hydrogen-bond donors (Lipinski definition) is 1. The van der Waals surface area contributed by atoms with Gasteiger partial charge in [-0.1, -0.05) is 11.6 Å². The molecule has 1 heterocycles. The molecule has 0 atom stereocenters. The van der Waals surface area contributed by atoms with E-state index in [9.17, 15) is 4.79 Å². The van der Waals surface area contributed by atoms with Crippen LogP contribution in [0, 0.1) is 10.7 Å². The summed E-state index contributed by atoms with van der Waals surface area (Å²) in [6.45, 7) is 0. The van der Waals surface area contributed by atoms with Crippen molar-refractivity contribution in [3.05, 3.63) is 46.1 Å². The molecule has 1 amide bonds. The molecule has 0 unspecified atom stereocenters. The van der Waals surface area contributed by atoms with E-state index in [0.29, 0.717) is 0 Å². The molecule has 19 heavy (non-hydrogen) atoms. The standard InChI is InChI=1S/C11H5ClI3N3O/c12-9-4-16-8(3-17-9)11(19)18-10-6(14)1-5(13)2-7(10)15/h1-4H,(H,18,19). The molecule has 1 N–H and O–H groups in total. The summed E-state index contributed by atoms with van der Waals surface area (Å²) < 4.78 is 3.07. The molecule has 0 aliphatic rings. The van der Waals surface area contributed by atoms with E-state index < -0.39 is 0 Å². The summed E-state index contributed by atoms with van der Waals surface area (Å²) in [4.78, 5) is 19.8. The first-order chi connectivity index (χ1) is 8.97. The second kappa shape index (κ2) is 6.80. The fourth-order valence-corrected chi connectivity index (χ4v) is 5.22. The van der Waals surface area contributed by atoms with E-state index in [2.05, 4.69) is 83.1 Å². The van der Waals surface area contributed by atoms with Crippen molar-refractivity contribution in [2.75, 3.05) is 5.32 Å². The van der Waals surface area contributed by atoms with Crippen molar-refractivity contribution in [1.82, 2.24) is 9.97 Å². The number of anilines is 1. The van der Waals surface area contributed by atoms with Gasteiger partial charge < -0.3 is 5.32 Å². The van der Waals surface area contributed by atoms with Crippen LogP contribution in [0.15, 0.2) is 24.5 Å². The third-order valence-corrected chi connectivity index (χ3v) is 4.62. The molecule has 0 saturated heterocycles. The van der Waals surface area contributed by atoms with Gasteiger partial charge in [0.05, 0.1) is 18.1 Å². The van der Waals surface area contributed by atoms with Crippen molar-refractivity contribution in [3.63, 3.8) is 0 Å². The van der Waals surface area contributed by atoms with Crippen molar-refractivity contribution in [2.24, 2.45) is 0 Å². The van der Waals surface area contributed by atoms with Crippen LogP contribution in [-0.2, 0) is 0 Å². The Morgan fingerprint density at radius 3 is 2.26 bits per heavy atom. The van der Waals surface area contributed by atoms with Crippen LogP contribution in [0.1, 0.15) is 10.5 Å². The van der Waals surface area contributed by atoms with E-state index in [0.717, 1.165) is 16.4 Å². The maximum absolute atomic E-state index is 12.0. The number of carbonyl (C=O) groups is 1. The number of nitrogens with zero attached hydrogens (tertiary/aromatic N) is 2. The largest absolute Gasteiger partial charge is 0.319 e. The zero-order valence-corrected chi connectivity index (χ0v) is 16.4.